The second-order valence-electron chi connectivity index (χ2n) is 2.79. The standard InChI is InChI=1S/C9H9FO3S/c1-3-7-6(2)4-5-8(9(7)10)14(11,12)13/h3-5H,1H2,2H3,(H,11,12,13). The molecule has 0 spiro atoms. The predicted molar refractivity (Wildman–Crippen MR) is 51.0 cm³/mol. The molecule has 76 valence electrons. The maximum absolute atomic E-state index is 13.4. The van der Waals surface area contributed by atoms with Gasteiger partial charge in [0.1, 0.15) is 4.90 Å². The van der Waals surface area contributed by atoms with E-state index >= 15 is 0 Å². The van der Waals surface area contributed by atoms with Crippen molar-refractivity contribution in [1.82, 2.24) is 0 Å². The second kappa shape index (κ2) is 3.51. The first-order valence-corrected chi connectivity index (χ1v) is 5.21. The molecule has 0 bridgehead atoms. The molecule has 0 aliphatic heterocycles. The third-order valence-electron chi connectivity index (χ3n) is 1.84. The largest absolute Gasteiger partial charge is 0.297 e. The molecule has 0 aliphatic rings. The molecular formula is C9H9FO3S. The van der Waals surface area contributed by atoms with E-state index in [0.717, 1.165) is 6.07 Å². The molecule has 5 heteroatoms. The van der Waals surface area contributed by atoms with Gasteiger partial charge in [-0.15, -0.1) is 0 Å². The van der Waals surface area contributed by atoms with Gasteiger partial charge in [-0.1, -0.05) is 18.7 Å². The Balaban J connectivity index is 3.60. The zero-order chi connectivity index (χ0) is 10.9. The molecular weight excluding hydrogens is 207 g/mol. The van der Waals surface area contributed by atoms with E-state index in [0.29, 0.717) is 5.56 Å². The topological polar surface area (TPSA) is 54.4 Å². The van der Waals surface area contributed by atoms with Crippen molar-refractivity contribution in [2.45, 2.75) is 11.8 Å². The SMILES string of the molecule is C=Cc1c(C)ccc(S(=O)(=O)O)c1F. The molecule has 1 aromatic rings. The van der Waals surface area contributed by atoms with Crippen LogP contribution in [0, 0.1) is 12.7 Å². The lowest BCUT2D eigenvalue weighted by Gasteiger charge is -2.05. The lowest BCUT2D eigenvalue weighted by atomic mass is 10.1. The minimum atomic E-state index is -4.51. The van der Waals surface area contributed by atoms with Gasteiger partial charge in [0, 0.05) is 5.56 Å². The molecule has 0 saturated carbocycles. The van der Waals surface area contributed by atoms with E-state index in [-0.39, 0.29) is 5.56 Å². The molecule has 0 aromatic heterocycles. The summed E-state index contributed by atoms with van der Waals surface area (Å²) < 4.78 is 43.5. The van der Waals surface area contributed by atoms with E-state index in [1.165, 1.54) is 12.1 Å². The van der Waals surface area contributed by atoms with E-state index in [9.17, 15) is 12.8 Å². The van der Waals surface area contributed by atoms with Crippen molar-refractivity contribution in [3.8, 4) is 0 Å². The van der Waals surface area contributed by atoms with E-state index in [4.69, 9.17) is 4.55 Å². The molecule has 0 fully saturated rings. The quantitative estimate of drug-likeness (QED) is 0.769. The van der Waals surface area contributed by atoms with E-state index in [1.54, 1.807) is 6.92 Å². The van der Waals surface area contributed by atoms with Gasteiger partial charge in [-0.05, 0) is 18.6 Å². The number of benzene rings is 1. The van der Waals surface area contributed by atoms with Crippen molar-refractivity contribution < 1.29 is 17.4 Å². The van der Waals surface area contributed by atoms with E-state index < -0.39 is 20.8 Å². The summed E-state index contributed by atoms with van der Waals surface area (Å²) in [5.74, 6) is -0.970. The maximum atomic E-state index is 13.4. The molecule has 0 radical (unpaired) electrons. The first-order valence-electron chi connectivity index (χ1n) is 3.77. The van der Waals surface area contributed by atoms with Crippen LogP contribution in [0.5, 0.6) is 0 Å². The summed E-state index contributed by atoms with van der Waals surface area (Å²) >= 11 is 0. The highest BCUT2D eigenvalue weighted by Crippen LogP contribution is 2.21. The third-order valence-corrected chi connectivity index (χ3v) is 2.72. The van der Waals surface area contributed by atoms with Gasteiger partial charge < -0.3 is 0 Å². The number of aryl methyl sites for hydroxylation is 1. The highest BCUT2D eigenvalue weighted by Gasteiger charge is 2.18. The van der Waals surface area contributed by atoms with Crippen LogP contribution in [0.3, 0.4) is 0 Å². The van der Waals surface area contributed by atoms with Crippen molar-refractivity contribution in [2.75, 3.05) is 0 Å². The average Bonchev–Trinajstić information content (AvgIpc) is 2.02. The van der Waals surface area contributed by atoms with Crippen molar-refractivity contribution in [1.29, 1.82) is 0 Å². The van der Waals surface area contributed by atoms with Crippen molar-refractivity contribution in [2.24, 2.45) is 0 Å². The molecule has 0 unspecified atom stereocenters. The Bertz CT molecular complexity index is 477. The minimum absolute atomic E-state index is 0.0834. The molecule has 1 rings (SSSR count). The highest BCUT2D eigenvalue weighted by atomic mass is 32.2. The van der Waals surface area contributed by atoms with Gasteiger partial charge in [0.2, 0.25) is 0 Å². The van der Waals surface area contributed by atoms with Gasteiger partial charge in [-0.2, -0.15) is 8.42 Å². The molecule has 3 nitrogen and oxygen atoms in total. The van der Waals surface area contributed by atoms with Gasteiger partial charge >= 0.3 is 0 Å². The van der Waals surface area contributed by atoms with Crippen LogP contribution < -0.4 is 0 Å². The summed E-state index contributed by atoms with van der Waals surface area (Å²) in [4.78, 5) is -0.724. The maximum Gasteiger partial charge on any atom is 0.297 e. The van der Waals surface area contributed by atoms with Crippen LogP contribution in [0.15, 0.2) is 23.6 Å². The van der Waals surface area contributed by atoms with Crippen molar-refractivity contribution in [3.05, 3.63) is 35.7 Å². The van der Waals surface area contributed by atoms with Gasteiger partial charge in [0.15, 0.2) is 5.82 Å². The molecule has 1 aromatic carbocycles. The molecule has 0 saturated heterocycles. The Morgan fingerprint density at radius 3 is 2.50 bits per heavy atom. The normalized spacial score (nSPS) is 11.4. The Kier molecular flexibility index (Phi) is 2.73. The van der Waals surface area contributed by atoms with E-state index in [1.807, 2.05) is 0 Å². The smallest absolute Gasteiger partial charge is 0.282 e. The van der Waals surface area contributed by atoms with Crippen LogP contribution in [0.1, 0.15) is 11.1 Å². The molecule has 0 aliphatic carbocycles. The summed E-state index contributed by atoms with van der Waals surface area (Å²) in [7, 11) is -4.51. The van der Waals surface area contributed by atoms with Crippen molar-refractivity contribution >= 4 is 16.2 Å². The Labute approximate surface area is 81.6 Å². The highest BCUT2D eigenvalue weighted by molar-refractivity contribution is 7.85. The summed E-state index contributed by atoms with van der Waals surface area (Å²) in [6.07, 6.45) is 1.21. The molecule has 0 atom stereocenters. The van der Waals surface area contributed by atoms with Gasteiger partial charge in [0.05, 0.1) is 0 Å². The van der Waals surface area contributed by atoms with Crippen LogP contribution in [0.2, 0.25) is 0 Å². The van der Waals surface area contributed by atoms with Crippen LogP contribution in [0.25, 0.3) is 6.08 Å². The molecule has 14 heavy (non-hydrogen) atoms. The van der Waals surface area contributed by atoms with Crippen LogP contribution in [-0.2, 0) is 10.1 Å². The summed E-state index contributed by atoms with van der Waals surface area (Å²) in [5, 5.41) is 0. The fourth-order valence-corrected chi connectivity index (χ4v) is 1.70. The second-order valence-corrected chi connectivity index (χ2v) is 4.18. The molecule has 0 amide bonds. The van der Waals surface area contributed by atoms with Crippen molar-refractivity contribution in [3.63, 3.8) is 0 Å². The average molecular weight is 216 g/mol. The zero-order valence-electron chi connectivity index (χ0n) is 7.49. The zero-order valence-corrected chi connectivity index (χ0v) is 8.31. The number of hydrogen-bond acceptors (Lipinski definition) is 2. The fourth-order valence-electron chi connectivity index (χ4n) is 1.12. The minimum Gasteiger partial charge on any atom is -0.282 e. The van der Waals surface area contributed by atoms with E-state index in [2.05, 4.69) is 6.58 Å². The lowest BCUT2D eigenvalue weighted by Crippen LogP contribution is -2.03. The van der Waals surface area contributed by atoms with Gasteiger partial charge in [0.25, 0.3) is 10.1 Å². The van der Waals surface area contributed by atoms with Crippen LogP contribution >= 0.6 is 0 Å². The van der Waals surface area contributed by atoms with Crippen LogP contribution in [0.4, 0.5) is 4.39 Å². The summed E-state index contributed by atoms with van der Waals surface area (Å²) in [6, 6.07) is 2.43. The predicted octanol–water partition coefficient (Wildman–Crippen LogP) is 2.02. The van der Waals surface area contributed by atoms with Crippen LogP contribution in [-0.4, -0.2) is 13.0 Å². The van der Waals surface area contributed by atoms with Gasteiger partial charge in [-0.3, -0.25) is 4.55 Å². The number of halogens is 1. The first kappa shape index (κ1) is 10.9. The van der Waals surface area contributed by atoms with Gasteiger partial charge in [-0.25, -0.2) is 4.39 Å². The number of hydrogen-bond donors (Lipinski definition) is 1. The third kappa shape index (κ3) is 1.83. The number of rotatable bonds is 2. The molecule has 0 heterocycles. The first-order chi connectivity index (χ1) is 6.38. The molecule has 1 N–H and O–H groups in total. The Morgan fingerprint density at radius 2 is 2.07 bits per heavy atom. The summed E-state index contributed by atoms with van der Waals surface area (Å²) in [5.41, 5.74) is 0.644. The summed E-state index contributed by atoms with van der Waals surface area (Å²) in [6.45, 7) is 4.98. The lowest BCUT2D eigenvalue weighted by molar-refractivity contribution is 0.473. The Hall–Kier alpha value is -1.20. The fraction of sp³-hybridized carbons (Fsp3) is 0.111. The Morgan fingerprint density at radius 1 is 1.50 bits per heavy atom. The monoisotopic (exact) mass is 216 g/mol.